The van der Waals surface area contributed by atoms with E-state index in [4.69, 9.17) is 0 Å². The van der Waals surface area contributed by atoms with Crippen LogP contribution in [0.4, 0.5) is 0 Å². The van der Waals surface area contributed by atoms with Gasteiger partial charge in [-0.3, -0.25) is 0 Å². The first-order valence-electron chi connectivity index (χ1n) is 4.10. The van der Waals surface area contributed by atoms with E-state index in [1.165, 1.54) is 6.42 Å². The van der Waals surface area contributed by atoms with Crippen LogP contribution in [0.15, 0.2) is 0 Å². The molecule has 0 aliphatic rings. The SMILES string of the molecule is [CH2]CC(C)CC(C)(C)C[CH2]. The predicted octanol–water partition coefficient (Wildman–Crippen LogP) is 3.49. The molecule has 0 spiro atoms. The summed E-state index contributed by atoms with van der Waals surface area (Å²) >= 11 is 0. The molecule has 0 heteroatoms. The molecular formula is C10H20. The van der Waals surface area contributed by atoms with Crippen molar-refractivity contribution in [2.24, 2.45) is 11.3 Å². The highest BCUT2D eigenvalue weighted by Gasteiger charge is 2.17. The lowest BCUT2D eigenvalue weighted by Gasteiger charge is -2.25. The normalized spacial score (nSPS) is 15.3. The molecule has 0 N–H and O–H groups in total. The monoisotopic (exact) mass is 140 g/mol. The minimum absolute atomic E-state index is 0.414. The Bertz CT molecular complexity index is 82.0. The molecule has 0 rings (SSSR count). The van der Waals surface area contributed by atoms with Crippen LogP contribution in [0.3, 0.4) is 0 Å². The maximum atomic E-state index is 3.92. The largest absolute Gasteiger partial charge is 0.0625 e. The zero-order valence-electron chi connectivity index (χ0n) is 7.61. The Balaban J connectivity index is 3.64. The topological polar surface area (TPSA) is 0 Å². The highest BCUT2D eigenvalue weighted by Crippen LogP contribution is 2.29. The third kappa shape index (κ3) is 3.92. The second-order valence-corrected chi connectivity index (χ2v) is 4.01. The molecule has 10 heavy (non-hydrogen) atoms. The highest BCUT2D eigenvalue weighted by atomic mass is 14.2. The lowest BCUT2D eigenvalue weighted by Crippen LogP contribution is -2.13. The van der Waals surface area contributed by atoms with Crippen LogP contribution in [0.5, 0.6) is 0 Å². The van der Waals surface area contributed by atoms with Crippen LogP contribution >= 0.6 is 0 Å². The van der Waals surface area contributed by atoms with Gasteiger partial charge in [-0.1, -0.05) is 41.0 Å². The van der Waals surface area contributed by atoms with Gasteiger partial charge in [-0.15, -0.1) is 0 Å². The Labute approximate surface area is 66.0 Å². The van der Waals surface area contributed by atoms with Crippen LogP contribution in [-0.2, 0) is 0 Å². The van der Waals surface area contributed by atoms with Crippen LogP contribution in [0.2, 0.25) is 0 Å². The van der Waals surface area contributed by atoms with E-state index in [1.807, 2.05) is 0 Å². The molecule has 0 saturated heterocycles. The molecule has 0 amide bonds. The van der Waals surface area contributed by atoms with E-state index < -0.39 is 0 Å². The van der Waals surface area contributed by atoms with E-state index in [0.29, 0.717) is 5.41 Å². The average Bonchev–Trinajstić information content (AvgIpc) is 1.87. The quantitative estimate of drug-likeness (QED) is 0.560. The summed E-state index contributed by atoms with van der Waals surface area (Å²) in [5.41, 5.74) is 0.414. The van der Waals surface area contributed by atoms with E-state index in [9.17, 15) is 0 Å². The fourth-order valence-electron chi connectivity index (χ4n) is 1.15. The van der Waals surface area contributed by atoms with Gasteiger partial charge in [0.05, 0.1) is 0 Å². The van der Waals surface area contributed by atoms with E-state index in [-0.39, 0.29) is 0 Å². The lowest BCUT2D eigenvalue weighted by atomic mass is 9.80. The van der Waals surface area contributed by atoms with Crippen molar-refractivity contribution >= 4 is 0 Å². The Kier molecular flexibility index (Phi) is 4.00. The van der Waals surface area contributed by atoms with Crippen molar-refractivity contribution in [3.8, 4) is 0 Å². The maximum Gasteiger partial charge on any atom is -0.0352 e. The Morgan fingerprint density at radius 1 is 1.30 bits per heavy atom. The standard InChI is InChI=1S/C10H20/c1-6-9(3)8-10(4,5)7-2/h9H,1-2,6-8H2,3-5H3. The third-order valence-corrected chi connectivity index (χ3v) is 2.07. The van der Waals surface area contributed by atoms with Crippen molar-refractivity contribution in [2.45, 2.75) is 40.0 Å². The molecule has 0 bridgehead atoms. The average molecular weight is 140 g/mol. The first-order chi connectivity index (χ1) is 4.52. The molecule has 1 unspecified atom stereocenters. The zero-order chi connectivity index (χ0) is 8.20. The summed E-state index contributed by atoms with van der Waals surface area (Å²) in [4.78, 5) is 0. The fourth-order valence-corrected chi connectivity index (χ4v) is 1.15. The summed E-state index contributed by atoms with van der Waals surface area (Å²) < 4.78 is 0. The van der Waals surface area contributed by atoms with Gasteiger partial charge in [-0.25, -0.2) is 0 Å². The molecule has 0 nitrogen and oxygen atoms in total. The van der Waals surface area contributed by atoms with Crippen molar-refractivity contribution in [1.29, 1.82) is 0 Å². The summed E-state index contributed by atoms with van der Waals surface area (Å²) in [7, 11) is 0. The smallest absolute Gasteiger partial charge is 0.0352 e. The summed E-state index contributed by atoms with van der Waals surface area (Å²) in [6.07, 6.45) is 3.32. The highest BCUT2D eigenvalue weighted by molar-refractivity contribution is 4.72. The molecule has 1 atom stereocenters. The molecule has 0 aliphatic heterocycles. The van der Waals surface area contributed by atoms with E-state index in [2.05, 4.69) is 34.6 Å². The molecule has 0 aliphatic carbocycles. The first-order valence-corrected chi connectivity index (χ1v) is 4.10. The molecule has 0 aromatic carbocycles. The summed E-state index contributed by atoms with van der Waals surface area (Å²) in [5.74, 6) is 0.747. The minimum Gasteiger partial charge on any atom is -0.0625 e. The molecular weight excluding hydrogens is 120 g/mol. The summed E-state index contributed by atoms with van der Waals surface area (Å²) in [5, 5.41) is 0. The van der Waals surface area contributed by atoms with Gasteiger partial charge in [-0.05, 0) is 24.2 Å². The van der Waals surface area contributed by atoms with Crippen LogP contribution < -0.4 is 0 Å². The second-order valence-electron chi connectivity index (χ2n) is 4.01. The van der Waals surface area contributed by atoms with Gasteiger partial charge < -0.3 is 0 Å². The Morgan fingerprint density at radius 2 is 1.80 bits per heavy atom. The van der Waals surface area contributed by atoms with Crippen molar-refractivity contribution in [3.05, 3.63) is 13.8 Å². The van der Waals surface area contributed by atoms with Crippen molar-refractivity contribution in [1.82, 2.24) is 0 Å². The molecule has 0 aromatic heterocycles. The molecule has 0 heterocycles. The number of rotatable bonds is 4. The molecule has 0 aromatic rings. The van der Waals surface area contributed by atoms with Gasteiger partial charge in [-0.2, -0.15) is 0 Å². The summed E-state index contributed by atoms with van der Waals surface area (Å²) in [6.45, 7) is 14.6. The minimum atomic E-state index is 0.414. The summed E-state index contributed by atoms with van der Waals surface area (Å²) in [6, 6.07) is 0. The van der Waals surface area contributed by atoms with Gasteiger partial charge >= 0.3 is 0 Å². The van der Waals surface area contributed by atoms with Crippen molar-refractivity contribution in [3.63, 3.8) is 0 Å². The van der Waals surface area contributed by atoms with Crippen LogP contribution in [0.25, 0.3) is 0 Å². The van der Waals surface area contributed by atoms with E-state index >= 15 is 0 Å². The number of hydrogen-bond acceptors (Lipinski definition) is 0. The Morgan fingerprint density at radius 3 is 2.10 bits per heavy atom. The van der Waals surface area contributed by atoms with Gasteiger partial charge in [0.25, 0.3) is 0 Å². The van der Waals surface area contributed by atoms with E-state index in [0.717, 1.165) is 18.8 Å². The van der Waals surface area contributed by atoms with Crippen molar-refractivity contribution in [2.75, 3.05) is 0 Å². The van der Waals surface area contributed by atoms with Gasteiger partial charge in [0.15, 0.2) is 0 Å². The van der Waals surface area contributed by atoms with Gasteiger partial charge in [0, 0.05) is 0 Å². The van der Waals surface area contributed by atoms with Crippen molar-refractivity contribution < 1.29 is 0 Å². The third-order valence-electron chi connectivity index (χ3n) is 2.07. The first kappa shape index (κ1) is 10.0. The molecule has 60 valence electrons. The number of hydrogen-bond donors (Lipinski definition) is 0. The molecule has 2 radical (unpaired) electrons. The van der Waals surface area contributed by atoms with Crippen LogP contribution in [0.1, 0.15) is 40.0 Å². The Hall–Kier alpha value is 0. The van der Waals surface area contributed by atoms with Crippen LogP contribution in [0, 0.1) is 25.2 Å². The zero-order valence-corrected chi connectivity index (χ0v) is 7.61. The maximum absolute atomic E-state index is 3.92. The fraction of sp³-hybridized carbons (Fsp3) is 0.800. The van der Waals surface area contributed by atoms with Crippen LogP contribution in [-0.4, -0.2) is 0 Å². The predicted molar refractivity (Wildman–Crippen MR) is 47.5 cm³/mol. The molecule has 0 fully saturated rings. The molecule has 0 saturated carbocycles. The van der Waals surface area contributed by atoms with E-state index in [1.54, 1.807) is 0 Å². The second kappa shape index (κ2) is 4.00. The van der Waals surface area contributed by atoms with Gasteiger partial charge in [0.2, 0.25) is 0 Å². The lowest BCUT2D eigenvalue weighted by molar-refractivity contribution is 0.279. The van der Waals surface area contributed by atoms with Gasteiger partial charge in [0.1, 0.15) is 0 Å².